The Balaban J connectivity index is 1.53. The highest BCUT2D eigenvalue weighted by molar-refractivity contribution is 5.94. The van der Waals surface area contributed by atoms with Crippen molar-refractivity contribution in [2.24, 2.45) is 0 Å². The van der Waals surface area contributed by atoms with Crippen LogP contribution in [0.2, 0.25) is 0 Å². The van der Waals surface area contributed by atoms with Crippen LogP contribution in [0.5, 0.6) is 0 Å². The molecule has 3 rings (SSSR count). The van der Waals surface area contributed by atoms with Gasteiger partial charge in [0.1, 0.15) is 5.82 Å². The average Bonchev–Trinajstić information content (AvgIpc) is 3.11. The van der Waals surface area contributed by atoms with E-state index in [1.54, 1.807) is 12.4 Å². The number of hydrogen-bond donors (Lipinski definition) is 2. The molecule has 0 aliphatic heterocycles. The highest BCUT2D eigenvalue weighted by Crippen LogP contribution is 2.13. The standard InChI is InChI=1S/C18H20N6O/c1-24(2)15-7-5-13(6-8-15)18(25)20-11-9-16-21-17(23-22-16)14-4-3-10-19-12-14/h3-8,10,12H,9,11H2,1-2H3,(H,20,25)(H,21,22,23). The lowest BCUT2D eigenvalue weighted by Crippen LogP contribution is -2.26. The fourth-order valence-corrected chi connectivity index (χ4v) is 2.34. The first-order chi connectivity index (χ1) is 12.1. The van der Waals surface area contributed by atoms with Crippen LogP contribution in [0.3, 0.4) is 0 Å². The second kappa shape index (κ2) is 7.57. The molecule has 1 aromatic carbocycles. The molecule has 25 heavy (non-hydrogen) atoms. The number of aromatic amines is 1. The van der Waals surface area contributed by atoms with E-state index in [9.17, 15) is 4.79 Å². The smallest absolute Gasteiger partial charge is 0.251 e. The predicted molar refractivity (Wildman–Crippen MR) is 96.4 cm³/mol. The fraction of sp³-hybridized carbons (Fsp3) is 0.222. The van der Waals surface area contributed by atoms with Crippen LogP contribution < -0.4 is 10.2 Å². The molecule has 0 radical (unpaired) electrons. The molecule has 0 saturated heterocycles. The summed E-state index contributed by atoms with van der Waals surface area (Å²) in [5, 5.41) is 9.96. The molecule has 0 atom stereocenters. The van der Waals surface area contributed by atoms with Crippen molar-refractivity contribution in [3.63, 3.8) is 0 Å². The Bertz CT molecular complexity index is 826. The van der Waals surface area contributed by atoms with Gasteiger partial charge in [-0.1, -0.05) is 0 Å². The minimum Gasteiger partial charge on any atom is -0.378 e. The summed E-state index contributed by atoms with van der Waals surface area (Å²) in [6.07, 6.45) is 4.00. The molecule has 0 bridgehead atoms. The number of nitrogens with one attached hydrogen (secondary N) is 2. The van der Waals surface area contributed by atoms with Crippen LogP contribution in [0.4, 0.5) is 5.69 Å². The van der Waals surface area contributed by atoms with Crippen LogP contribution in [0.25, 0.3) is 11.4 Å². The maximum absolute atomic E-state index is 12.2. The molecule has 1 amide bonds. The zero-order valence-electron chi connectivity index (χ0n) is 14.2. The molecular formula is C18H20N6O. The molecule has 0 aliphatic carbocycles. The van der Waals surface area contributed by atoms with Gasteiger partial charge in [0, 0.05) is 56.3 Å². The van der Waals surface area contributed by atoms with E-state index < -0.39 is 0 Å². The summed E-state index contributed by atoms with van der Waals surface area (Å²) >= 11 is 0. The first-order valence-corrected chi connectivity index (χ1v) is 8.01. The van der Waals surface area contributed by atoms with Crippen molar-refractivity contribution in [1.82, 2.24) is 25.5 Å². The molecule has 2 N–H and O–H groups in total. The van der Waals surface area contributed by atoms with E-state index in [1.807, 2.05) is 55.4 Å². The summed E-state index contributed by atoms with van der Waals surface area (Å²) in [6, 6.07) is 11.2. The van der Waals surface area contributed by atoms with Crippen molar-refractivity contribution in [2.45, 2.75) is 6.42 Å². The first kappa shape index (κ1) is 16.6. The number of pyridine rings is 1. The maximum Gasteiger partial charge on any atom is 0.251 e. The number of anilines is 1. The molecule has 0 fully saturated rings. The van der Waals surface area contributed by atoms with E-state index in [4.69, 9.17) is 0 Å². The highest BCUT2D eigenvalue weighted by Gasteiger charge is 2.08. The van der Waals surface area contributed by atoms with Gasteiger partial charge in [-0.15, -0.1) is 0 Å². The summed E-state index contributed by atoms with van der Waals surface area (Å²) < 4.78 is 0. The number of hydrogen-bond acceptors (Lipinski definition) is 5. The van der Waals surface area contributed by atoms with Crippen molar-refractivity contribution < 1.29 is 4.79 Å². The molecule has 7 nitrogen and oxygen atoms in total. The molecule has 0 spiro atoms. The fourth-order valence-electron chi connectivity index (χ4n) is 2.34. The molecular weight excluding hydrogens is 316 g/mol. The van der Waals surface area contributed by atoms with Crippen LogP contribution in [0.1, 0.15) is 16.2 Å². The van der Waals surface area contributed by atoms with Crippen LogP contribution >= 0.6 is 0 Å². The first-order valence-electron chi connectivity index (χ1n) is 8.01. The van der Waals surface area contributed by atoms with E-state index in [0.717, 1.165) is 17.1 Å². The third-order valence-electron chi connectivity index (χ3n) is 3.74. The van der Waals surface area contributed by atoms with E-state index in [1.165, 1.54) is 0 Å². The second-order valence-corrected chi connectivity index (χ2v) is 5.79. The quantitative estimate of drug-likeness (QED) is 0.718. The number of carbonyl (C=O) groups is 1. The zero-order valence-corrected chi connectivity index (χ0v) is 14.2. The van der Waals surface area contributed by atoms with Crippen LogP contribution in [-0.2, 0) is 6.42 Å². The summed E-state index contributed by atoms with van der Waals surface area (Å²) in [5.74, 6) is 1.23. The number of aromatic nitrogens is 4. The van der Waals surface area contributed by atoms with E-state index in [0.29, 0.717) is 24.4 Å². The van der Waals surface area contributed by atoms with Crippen LogP contribution in [0, 0.1) is 0 Å². The molecule has 0 unspecified atom stereocenters. The largest absolute Gasteiger partial charge is 0.378 e. The summed E-state index contributed by atoms with van der Waals surface area (Å²) in [5.41, 5.74) is 2.55. The number of H-pyrrole nitrogens is 1. The lowest BCUT2D eigenvalue weighted by molar-refractivity contribution is 0.0954. The van der Waals surface area contributed by atoms with Crippen molar-refractivity contribution in [3.8, 4) is 11.4 Å². The van der Waals surface area contributed by atoms with Crippen LogP contribution in [0.15, 0.2) is 48.8 Å². The minimum absolute atomic E-state index is 0.0997. The predicted octanol–water partition coefficient (Wildman–Crippen LogP) is 1.91. The van der Waals surface area contributed by atoms with Gasteiger partial charge >= 0.3 is 0 Å². The van der Waals surface area contributed by atoms with Crippen molar-refractivity contribution in [2.75, 3.05) is 25.5 Å². The Labute approximate surface area is 146 Å². The molecule has 2 aromatic heterocycles. The van der Waals surface area contributed by atoms with E-state index >= 15 is 0 Å². The number of rotatable bonds is 6. The van der Waals surface area contributed by atoms with Gasteiger partial charge in [0.05, 0.1) is 0 Å². The Morgan fingerprint density at radius 2 is 2.00 bits per heavy atom. The van der Waals surface area contributed by atoms with Gasteiger partial charge in [0.2, 0.25) is 0 Å². The zero-order chi connectivity index (χ0) is 17.6. The van der Waals surface area contributed by atoms with Crippen molar-refractivity contribution >= 4 is 11.6 Å². The number of benzene rings is 1. The van der Waals surface area contributed by atoms with Gasteiger partial charge in [0.15, 0.2) is 5.82 Å². The Hall–Kier alpha value is -3.22. The van der Waals surface area contributed by atoms with Crippen molar-refractivity contribution in [1.29, 1.82) is 0 Å². The van der Waals surface area contributed by atoms with E-state index in [2.05, 4.69) is 25.5 Å². The topological polar surface area (TPSA) is 86.8 Å². The minimum atomic E-state index is -0.0997. The monoisotopic (exact) mass is 336 g/mol. The average molecular weight is 336 g/mol. The molecule has 3 aromatic rings. The highest BCUT2D eigenvalue weighted by atomic mass is 16.1. The van der Waals surface area contributed by atoms with Gasteiger partial charge < -0.3 is 10.2 Å². The SMILES string of the molecule is CN(C)c1ccc(C(=O)NCCc2nc(-c3cccnc3)n[nH]2)cc1. The lowest BCUT2D eigenvalue weighted by atomic mass is 10.2. The Kier molecular flexibility index (Phi) is 5.03. The molecule has 7 heteroatoms. The number of nitrogens with zero attached hydrogens (tertiary/aromatic N) is 4. The third kappa shape index (κ3) is 4.20. The third-order valence-corrected chi connectivity index (χ3v) is 3.74. The summed E-state index contributed by atoms with van der Waals surface area (Å²) in [6.45, 7) is 0.482. The van der Waals surface area contributed by atoms with Gasteiger partial charge in [-0.3, -0.25) is 14.9 Å². The number of carbonyl (C=O) groups excluding carboxylic acids is 1. The van der Waals surface area contributed by atoms with Crippen molar-refractivity contribution in [3.05, 3.63) is 60.2 Å². The Morgan fingerprint density at radius 1 is 1.20 bits per heavy atom. The maximum atomic E-state index is 12.2. The van der Waals surface area contributed by atoms with Gasteiger partial charge in [0.25, 0.3) is 5.91 Å². The number of amides is 1. The second-order valence-electron chi connectivity index (χ2n) is 5.79. The van der Waals surface area contributed by atoms with Crippen LogP contribution in [-0.4, -0.2) is 46.7 Å². The molecule has 0 saturated carbocycles. The van der Waals surface area contributed by atoms with Gasteiger partial charge in [-0.05, 0) is 36.4 Å². The normalized spacial score (nSPS) is 10.5. The van der Waals surface area contributed by atoms with Gasteiger partial charge in [-0.2, -0.15) is 5.10 Å². The molecule has 128 valence electrons. The summed E-state index contributed by atoms with van der Waals surface area (Å²) in [4.78, 5) is 22.6. The van der Waals surface area contributed by atoms with Gasteiger partial charge in [-0.25, -0.2) is 4.98 Å². The Morgan fingerprint density at radius 3 is 2.68 bits per heavy atom. The van der Waals surface area contributed by atoms with E-state index in [-0.39, 0.29) is 5.91 Å². The lowest BCUT2D eigenvalue weighted by Gasteiger charge is -2.12. The summed E-state index contributed by atoms with van der Waals surface area (Å²) in [7, 11) is 3.93. The molecule has 0 aliphatic rings. The molecule has 2 heterocycles.